The molecule has 2 aromatic rings. The van der Waals surface area contributed by atoms with Crippen LogP contribution in [0.4, 0.5) is 18.9 Å². The summed E-state index contributed by atoms with van der Waals surface area (Å²) in [4.78, 5) is 0. The normalized spacial score (nSPS) is 16.6. The van der Waals surface area contributed by atoms with Gasteiger partial charge >= 0.3 is 0 Å². The first-order valence-corrected chi connectivity index (χ1v) is 6.26. The quantitative estimate of drug-likeness (QED) is 0.868. The van der Waals surface area contributed by atoms with Crippen LogP contribution in [0.3, 0.4) is 0 Å². The minimum Gasteiger partial charge on any atom is -0.488 e. The Hall–Kier alpha value is -2.17. The van der Waals surface area contributed by atoms with Gasteiger partial charge in [0.05, 0.1) is 12.2 Å². The molecule has 1 atom stereocenters. The molecule has 0 aliphatic carbocycles. The van der Waals surface area contributed by atoms with Gasteiger partial charge in [-0.3, -0.25) is 0 Å². The molecule has 1 heterocycles. The number of hydrogen-bond acceptors (Lipinski definition) is 2. The maximum Gasteiger partial charge on any atom is 0.182 e. The number of benzene rings is 2. The zero-order valence-corrected chi connectivity index (χ0v) is 10.5. The smallest absolute Gasteiger partial charge is 0.182 e. The van der Waals surface area contributed by atoms with Crippen LogP contribution in [-0.2, 0) is 6.42 Å². The largest absolute Gasteiger partial charge is 0.488 e. The maximum atomic E-state index is 13.5. The van der Waals surface area contributed by atoms with Crippen LogP contribution in [-0.4, -0.2) is 12.6 Å². The van der Waals surface area contributed by atoms with Gasteiger partial charge in [0.1, 0.15) is 17.7 Å². The second-order valence-electron chi connectivity index (χ2n) is 4.68. The summed E-state index contributed by atoms with van der Waals surface area (Å²) in [6.45, 7) is 0.272. The Balaban J connectivity index is 1.67. The summed E-state index contributed by atoms with van der Waals surface area (Å²) in [7, 11) is 0. The summed E-state index contributed by atoms with van der Waals surface area (Å²) in [5.41, 5.74) is 0.882. The van der Waals surface area contributed by atoms with Crippen LogP contribution in [0, 0.1) is 17.5 Å². The lowest BCUT2D eigenvalue weighted by atomic mass is 10.1. The Labute approximate surface area is 114 Å². The molecule has 0 fully saturated rings. The zero-order valence-electron chi connectivity index (χ0n) is 10.5. The number of para-hydroxylation sites is 1. The summed E-state index contributed by atoms with van der Waals surface area (Å²) < 4.78 is 45.2. The van der Waals surface area contributed by atoms with Crippen LogP contribution >= 0.6 is 0 Å². The van der Waals surface area contributed by atoms with E-state index in [1.165, 1.54) is 0 Å². The number of anilines is 1. The van der Waals surface area contributed by atoms with Crippen molar-refractivity contribution in [2.24, 2.45) is 0 Å². The molecular weight excluding hydrogens is 267 g/mol. The van der Waals surface area contributed by atoms with E-state index >= 15 is 0 Å². The van der Waals surface area contributed by atoms with Gasteiger partial charge in [-0.15, -0.1) is 0 Å². The van der Waals surface area contributed by atoms with E-state index in [1.54, 1.807) is 0 Å². The average molecular weight is 279 g/mol. The van der Waals surface area contributed by atoms with Crippen LogP contribution < -0.4 is 10.1 Å². The van der Waals surface area contributed by atoms with E-state index in [1.807, 2.05) is 24.3 Å². The van der Waals surface area contributed by atoms with Gasteiger partial charge in [0, 0.05) is 18.6 Å². The summed E-state index contributed by atoms with van der Waals surface area (Å²) in [6.07, 6.45) is 0.501. The third kappa shape index (κ3) is 2.43. The van der Waals surface area contributed by atoms with Gasteiger partial charge in [0.2, 0.25) is 0 Å². The highest BCUT2D eigenvalue weighted by molar-refractivity contribution is 5.46. The van der Waals surface area contributed by atoms with Crippen molar-refractivity contribution in [3.05, 3.63) is 59.4 Å². The van der Waals surface area contributed by atoms with Gasteiger partial charge in [0.15, 0.2) is 11.6 Å². The van der Waals surface area contributed by atoms with Crippen LogP contribution in [0.15, 0.2) is 36.4 Å². The Morgan fingerprint density at radius 1 is 1.15 bits per heavy atom. The van der Waals surface area contributed by atoms with Gasteiger partial charge in [-0.25, -0.2) is 13.2 Å². The first kappa shape index (κ1) is 12.8. The fourth-order valence-electron chi connectivity index (χ4n) is 2.28. The molecule has 1 aliphatic heterocycles. The molecule has 3 rings (SSSR count). The fourth-order valence-corrected chi connectivity index (χ4v) is 2.28. The van der Waals surface area contributed by atoms with Gasteiger partial charge in [-0.1, -0.05) is 18.2 Å². The second kappa shape index (κ2) is 5.07. The average Bonchev–Trinajstić information content (AvgIpc) is 2.84. The zero-order chi connectivity index (χ0) is 14.1. The molecule has 1 N–H and O–H groups in total. The van der Waals surface area contributed by atoms with Crippen molar-refractivity contribution in [3.8, 4) is 5.75 Å². The summed E-state index contributed by atoms with van der Waals surface area (Å²) in [5, 5.41) is 2.69. The molecular formula is C15H12F3NO. The number of ether oxygens (including phenoxy) is 1. The molecule has 0 saturated heterocycles. The summed E-state index contributed by atoms with van der Waals surface area (Å²) >= 11 is 0. The third-order valence-electron chi connectivity index (χ3n) is 3.23. The highest BCUT2D eigenvalue weighted by atomic mass is 19.2. The van der Waals surface area contributed by atoms with E-state index in [9.17, 15) is 13.2 Å². The number of fused-ring (bicyclic) bond motifs is 1. The van der Waals surface area contributed by atoms with E-state index in [-0.39, 0.29) is 18.3 Å². The van der Waals surface area contributed by atoms with Crippen molar-refractivity contribution < 1.29 is 17.9 Å². The molecule has 104 valence electrons. The SMILES string of the molecule is Fc1cc(F)c(F)c(NCC2Cc3ccccc3O2)c1. The highest BCUT2D eigenvalue weighted by Gasteiger charge is 2.22. The molecule has 1 unspecified atom stereocenters. The van der Waals surface area contributed by atoms with Gasteiger partial charge < -0.3 is 10.1 Å². The minimum absolute atomic E-state index is 0.182. The predicted octanol–water partition coefficient (Wildman–Crippen LogP) is 3.52. The molecule has 0 saturated carbocycles. The Bertz CT molecular complexity index is 620. The lowest BCUT2D eigenvalue weighted by molar-refractivity contribution is 0.246. The van der Waals surface area contributed by atoms with Crippen molar-refractivity contribution in [1.29, 1.82) is 0 Å². The molecule has 20 heavy (non-hydrogen) atoms. The van der Waals surface area contributed by atoms with E-state index in [4.69, 9.17) is 4.74 Å². The first-order chi connectivity index (χ1) is 9.63. The van der Waals surface area contributed by atoms with E-state index < -0.39 is 17.5 Å². The standard InChI is InChI=1S/C15H12F3NO/c16-10-6-12(17)15(18)13(7-10)19-8-11-5-9-3-1-2-4-14(9)20-11/h1-4,6-7,11,19H,5,8H2. The van der Waals surface area contributed by atoms with Crippen molar-refractivity contribution in [2.45, 2.75) is 12.5 Å². The first-order valence-electron chi connectivity index (χ1n) is 6.26. The Morgan fingerprint density at radius 2 is 1.95 bits per heavy atom. The molecule has 0 bridgehead atoms. The van der Waals surface area contributed by atoms with E-state index in [0.29, 0.717) is 12.5 Å². The molecule has 0 radical (unpaired) electrons. The Morgan fingerprint density at radius 3 is 2.75 bits per heavy atom. The number of rotatable bonds is 3. The van der Waals surface area contributed by atoms with Crippen molar-refractivity contribution in [2.75, 3.05) is 11.9 Å². The van der Waals surface area contributed by atoms with Crippen LogP contribution in [0.5, 0.6) is 5.75 Å². The van der Waals surface area contributed by atoms with E-state index in [2.05, 4.69) is 5.32 Å². The second-order valence-corrected chi connectivity index (χ2v) is 4.68. The number of nitrogens with one attached hydrogen (secondary N) is 1. The molecule has 0 aromatic heterocycles. The third-order valence-corrected chi connectivity index (χ3v) is 3.23. The van der Waals surface area contributed by atoms with E-state index in [0.717, 1.165) is 17.4 Å². The highest BCUT2D eigenvalue weighted by Crippen LogP contribution is 2.28. The lowest BCUT2D eigenvalue weighted by Gasteiger charge is -2.13. The van der Waals surface area contributed by atoms with Crippen LogP contribution in [0.1, 0.15) is 5.56 Å². The fraction of sp³-hybridized carbons (Fsp3) is 0.200. The topological polar surface area (TPSA) is 21.3 Å². The van der Waals surface area contributed by atoms with Crippen molar-refractivity contribution >= 4 is 5.69 Å². The van der Waals surface area contributed by atoms with Crippen molar-refractivity contribution in [3.63, 3.8) is 0 Å². The summed E-state index contributed by atoms with van der Waals surface area (Å²) in [6, 6.07) is 9.05. The monoisotopic (exact) mass is 279 g/mol. The van der Waals surface area contributed by atoms with Crippen LogP contribution in [0.2, 0.25) is 0 Å². The van der Waals surface area contributed by atoms with Gasteiger partial charge in [-0.2, -0.15) is 0 Å². The molecule has 2 aromatic carbocycles. The minimum atomic E-state index is -1.21. The Kier molecular flexibility index (Phi) is 3.26. The molecule has 2 nitrogen and oxygen atoms in total. The molecule has 1 aliphatic rings. The number of halogens is 3. The molecule has 0 spiro atoms. The van der Waals surface area contributed by atoms with Crippen LogP contribution in [0.25, 0.3) is 0 Å². The lowest BCUT2D eigenvalue weighted by Crippen LogP contribution is -2.24. The van der Waals surface area contributed by atoms with Gasteiger partial charge in [0.25, 0.3) is 0 Å². The molecule has 5 heteroatoms. The number of hydrogen-bond donors (Lipinski definition) is 1. The predicted molar refractivity (Wildman–Crippen MR) is 69.4 cm³/mol. The molecule has 0 amide bonds. The van der Waals surface area contributed by atoms with Gasteiger partial charge in [-0.05, 0) is 11.6 Å². The van der Waals surface area contributed by atoms with Crippen molar-refractivity contribution in [1.82, 2.24) is 0 Å². The summed E-state index contributed by atoms with van der Waals surface area (Å²) in [5.74, 6) is -2.31. The maximum absolute atomic E-state index is 13.5.